The van der Waals surface area contributed by atoms with Crippen LogP contribution in [0.25, 0.3) is 0 Å². The molecule has 0 aromatic carbocycles. The molecule has 0 atom stereocenters. The highest BCUT2D eigenvalue weighted by atomic mass is 32.2. The second-order valence-corrected chi connectivity index (χ2v) is 4.30. The molecule has 0 saturated carbocycles. The number of rotatable bonds is 2. The largest absolute Gasteiger partial charge is 0.499 e. The molecule has 0 bridgehead atoms. The maximum atomic E-state index is 9.05. The van der Waals surface area contributed by atoms with Crippen molar-refractivity contribution < 1.29 is 10.2 Å². The lowest BCUT2D eigenvalue weighted by molar-refractivity contribution is 0.568. The van der Waals surface area contributed by atoms with E-state index in [-0.39, 0.29) is 20.6 Å². The summed E-state index contributed by atoms with van der Waals surface area (Å²) in [5, 5.41) is 17.6. The highest BCUT2D eigenvalue weighted by molar-refractivity contribution is 8.14. The Hall–Kier alpha value is -0.190. The molecule has 0 aliphatic heterocycles. The summed E-state index contributed by atoms with van der Waals surface area (Å²) < 4.78 is 0. The Balaban J connectivity index is 4.16. The fourth-order valence-electron chi connectivity index (χ4n) is 0.279. The van der Waals surface area contributed by atoms with Crippen molar-refractivity contribution in [3.8, 4) is 0 Å². The first-order chi connectivity index (χ1) is 4.54. The van der Waals surface area contributed by atoms with Gasteiger partial charge in [-0.2, -0.15) is 10.5 Å². The van der Waals surface area contributed by atoms with Gasteiger partial charge in [-0.15, -0.1) is 0 Å². The molecular formula is C6H10O2S2. The summed E-state index contributed by atoms with van der Waals surface area (Å²) in [4.78, 5) is 0. The molecular weight excluding hydrogens is 168 g/mol. The summed E-state index contributed by atoms with van der Waals surface area (Å²) in [6.07, 6.45) is 6.45. The van der Waals surface area contributed by atoms with Crippen LogP contribution in [0.15, 0.2) is 12.2 Å². The first kappa shape index (κ1) is 9.81. The Morgan fingerprint density at radius 1 is 1.30 bits per heavy atom. The maximum absolute atomic E-state index is 9.05. The van der Waals surface area contributed by atoms with Crippen LogP contribution in [0.2, 0.25) is 0 Å². The Kier molecular flexibility index (Phi) is 4.51. The van der Waals surface area contributed by atoms with Crippen molar-refractivity contribution in [2.45, 2.75) is 0 Å². The molecule has 2 N–H and O–H groups in total. The first-order valence-electron chi connectivity index (χ1n) is 2.58. The van der Waals surface area contributed by atoms with E-state index in [2.05, 4.69) is 12.2 Å². The molecule has 2 nitrogen and oxygen atoms in total. The molecule has 0 heterocycles. The molecule has 58 valence electrons. The smallest absolute Gasteiger partial charge is 0.181 e. The monoisotopic (exact) mass is 178 g/mol. The molecule has 0 aliphatic rings. The Morgan fingerprint density at radius 2 is 1.80 bits per heavy atom. The zero-order chi connectivity index (χ0) is 8.15. The van der Waals surface area contributed by atoms with E-state index >= 15 is 0 Å². The molecule has 0 fully saturated rings. The van der Waals surface area contributed by atoms with Crippen LogP contribution in [0.3, 0.4) is 0 Å². The highest BCUT2D eigenvalue weighted by Crippen LogP contribution is 2.00. The van der Waals surface area contributed by atoms with Gasteiger partial charge in [-0.1, -0.05) is 0 Å². The molecule has 0 saturated heterocycles. The van der Waals surface area contributed by atoms with Gasteiger partial charge in [0, 0.05) is 0 Å². The summed E-state index contributed by atoms with van der Waals surface area (Å²) in [7, 11) is -0.162. The van der Waals surface area contributed by atoms with Crippen LogP contribution in [0.4, 0.5) is 0 Å². The second-order valence-electron chi connectivity index (χ2n) is 1.83. The molecule has 4 heteroatoms. The van der Waals surface area contributed by atoms with Crippen LogP contribution in [0.1, 0.15) is 0 Å². The summed E-state index contributed by atoms with van der Waals surface area (Å²) in [5.41, 5.74) is 0. The third-order valence-electron chi connectivity index (χ3n) is 0.787. The van der Waals surface area contributed by atoms with E-state index in [1.54, 1.807) is 0 Å². The van der Waals surface area contributed by atoms with Crippen molar-refractivity contribution in [2.24, 2.45) is 0 Å². The minimum atomic E-state index is -0.211. The van der Waals surface area contributed by atoms with Gasteiger partial charge in [0.1, 0.15) is 0 Å². The summed E-state index contributed by atoms with van der Waals surface area (Å²) in [6, 6.07) is 0. The lowest BCUT2D eigenvalue weighted by Gasteiger charge is -1.93. The summed E-state index contributed by atoms with van der Waals surface area (Å²) in [5.74, 6) is 0. The molecule has 0 rings (SSSR count). The van der Waals surface area contributed by atoms with Gasteiger partial charge in [0.05, 0.1) is 5.05 Å². The van der Waals surface area contributed by atoms with Gasteiger partial charge < -0.3 is 10.2 Å². The number of thiocarbonyl (C=S) groups is 1. The van der Waals surface area contributed by atoms with E-state index in [9.17, 15) is 0 Å². The van der Waals surface area contributed by atoms with Crippen LogP contribution < -0.4 is 0 Å². The number of aliphatic hydroxyl groups excluding tert-OH is 2. The second kappa shape index (κ2) is 4.60. The maximum Gasteiger partial charge on any atom is 0.181 e. The molecule has 0 radical (unpaired) electrons. The van der Waals surface area contributed by atoms with Crippen LogP contribution in [-0.2, 0) is 0 Å². The van der Waals surface area contributed by atoms with Gasteiger partial charge in [0.2, 0.25) is 0 Å². The van der Waals surface area contributed by atoms with Crippen molar-refractivity contribution >= 4 is 32.8 Å². The third kappa shape index (κ3) is 4.67. The Bertz CT molecular complexity index is 190. The highest BCUT2D eigenvalue weighted by Gasteiger charge is 1.86. The summed E-state index contributed by atoms with van der Waals surface area (Å²) in [6.45, 7) is 0. The minimum absolute atomic E-state index is 0.162. The molecule has 0 aliphatic carbocycles. The molecule has 0 unspecified atom stereocenters. The summed E-state index contributed by atoms with van der Waals surface area (Å²) >= 11 is 4.35. The third-order valence-corrected chi connectivity index (χ3v) is 1.90. The van der Waals surface area contributed by atoms with Crippen molar-refractivity contribution in [3.63, 3.8) is 0 Å². The van der Waals surface area contributed by atoms with Crippen LogP contribution in [0, 0.1) is 0 Å². The topological polar surface area (TPSA) is 40.5 Å². The molecule has 0 amide bonds. The zero-order valence-corrected chi connectivity index (χ0v) is 7.50. The normalized spacial score (nSPS) is 10.8. The van der Waals surface area contributed by atoms with E-state index in [1.807, 2.05) is 12.5 Å². The van der Waals surface area contributed by atoms with Crippen molar-refractivity contribution in [1.29, 1.82) is 0 Å². The number of hydrogen-bond donors (Lipinski definition) is 2. The van der Waals surface area contributed by atoms with Gasteiger partial charge in [-0.25, -0.2) is 0 Å². The van der Waals surface area contributed by atoms with Crippen molar-refractivity contribution in [1.82, 2.24) is 0 Å². The lowest BCUT2D eigenvalue weighted by atomic mass is 10.5. The SMILES string of the molecule is CS(C)=C(O)C=CC(O)=S. The standard InChI is InChI=1S/C6H10O2S2/c1-10(2)6(8)4-3-5(7)9/h3-4,8H,1-2H3,(H,7,9). The Morgan fingerprint density at radius 3 is 2.10 bits per heavy atom. The van der Waals surface area contributed by atoms with Crippen LogP contribution in [-0.4, -0.2) is 32.8 Å². The van der Waals surface area contributed by atoms with Gasteiger partial charge in [0.25, 0.3) is 0 Å². The predicted molar refractivity (Wildman–Crippen MR) is 51.4 cm³/mol. The van der Waals surface area contributed by atoms with Crippen molar-refractivity contribution in [3.05, 3.63) is 12.2 Å². The molecule has 0 aromatic rings. The first-order valence-corrected chi connectivity index (χ1v) is 5.03. The molecule has 10 heavy (non-hydrogen) atoms. The Labute approximate surface area is 68.1 Å². The quantitative estimate of drug-likeness (QED) is 0.499. The van der Waals surface area contributed by atoms with E-state index < -0.39 is 0 Å². The van der Waals surface area contributed by atoms with Crippen molar-refractivity contribution in [2.75, 3.05) is 12.5 Å². The fourth-order valence-corrected chi connectivity index (χ4v) is 0.687. The van der Waals surface area contributed by atoms with Gasteiger partial charge in [-0.05, 0) is 36.9 Å². The van der Waals surface area contributed by atoms with E-state index in [1.165, 1.54) is 12.2 Å². The van der Waals surface area contributed by atoms with E-state index in [0.717, 1.165) is 0 Å². The average molecular weight is 178 g/mol. The van der Waals surface area contributed by atoms with Gasteiger partial charge >= 0.3 is 0 Å². The number of aliphatic hydroxyl groups is 2. The minimum Gasteiger partial charge on any atom is -0.499 e. The lowest BCUT2D eigenvalue weighted by Crippen LogP contribution is -1.92. The average Bonchev–Trinajstić information content (AvgIpc) is 1.82. The van der Waals surface area contributed by atoms with Gasteiger partial charge in [-0.3, -0.25) is 0 Å². The fraction of sp³-hybridized carbons (Fsp3) is 0.333. The zero-order valence-electron chi connectivity index (χ0n) is 5.87. The van der Waals surface area contributed by atoms with Gasteiger partial charge in [0.15, 0.2) is 5.05 Å². The predicted octanol–water partition coefficient (Wildman–Crippen LogP) is 1.64. The van der Waals surface area contributed by atoms with Crippen LogP contribution in [0.5, 0.6) is 0 Å². The van der Waals surface area contributed by atoms with Crippen LogP contribution >= 0.6 is 22.7 Å². The number of hydrogen-bond acceptors (Lipinski definition) is 1. The van der Waals surface area contributed by atoms with E-state index in [4.69, 9.17) is 10.2 Å². The van der Waals surface area contributed by atoms with E-state index in [0.29, 0.717) is 0 Å². The molecule has 0 aromatic heterocycles. The molecule has 0 spiro atoms.